The van der Waals surface area contributed by atoms with Crippen LogP contribution in [0.2, 0.25) is 0 Å². The topological polar surface area (TPSA) is 89.2 Å². The Morgan fingerprint density at radius 3 is 2.91 bits per heavy atom. The lowest BCUT2D eigenvalue weighted by Crippen LogP contribution is -2.29. The van der Waals surface area contributed by atoms with Gasteiger partial charge in [0.05, 0.1) is 16.7 Å². The van der Waals surface area contributed by atoms with Crippen molar-refractivity contribution in [3.05, 3.63) is 49.5 Å². The number of hydrogen-bond acceptors (Lipinski definition) is 4. The van der Waals surface area contributed by atoms with Crippen molar-refractivity contribution in [1.29, 1.82) is 0 Å². The van der Waals surface area contributed by atoms with Crippen molar-refractivity contribution in [2.45, 2.75) is 19.5 Å². The molecule has 0 aliphatic rings. The molecule has 0 radical (unpaired) electrons. The van der Waals surface area contributed by atoms with E-state index in [1.54, 1.807) is 11.3 Å². The summed E-state index contributed by atoms with van der Waals surface area (Å²) in [4.78, 5) is 23.7. The van der Waals surface area contributed by atoms with Gasteiger partial charge in [-0.1, -0.05) is 0 Å². The lowest BCUT2D eigenvalue weighted by atomic mass is 10.3. The van der Waals surface area contributed by atoms with Gasteiger partial charge < -0.3 is 10.4 Å². The molecule has 0 saturated carbocycles. The second kappa shape index (κ2) is 8.06. The average Bonchev–Trinajstić information content (AvgIpc) is 3.08. The molecule has 7 nitrogen and oxygen atoms in total. The predicted octanol–water partition coefficient (Wildman–Crippen LogP) is 2.23. The Balaban J connectivity index is 1.98. The fourth-order valence-corrected chi connectivity index (χ4v) is 3.33. The van der Waals surface area contributed by atoms with Crippen molar-refractivity contribution in [1.82, 2.24) is 19.7 Å². The summed E-state index contributed by atoms with van der Waals surface area (Å²) in [7, 11) is 0. The first-order chi connectivity index (χ1) is 11.0. The molecular formula is C13H14BrFN4O3S. The van der Waals surface area contributed by atoms with E-state index in [9.17, 15) is 14.0 Å². The molecular weight excluding hydrogens is 391 g/mol. The molecule has 23 heavy (non-hydrogen) atoms. The fraction of sp³-hybridized carbons (Fsp3) is 0.308. The Morgan fingerprint density at radius 2 is 2.30 bits per heavy atom. The molecule has 0 spiro atoms. The Kier molecular flexibility index (Phi) is 6.11. The molecule has 0 bridgehead atoms. The van der Waals surface area contributed by atoms with E-state index >= 15 is 0 Å². The predicted molar refractivity (Wildman–Crippen MR) is 87.4 cm³/mol. The number of halogens is 2. The van der Waals surface area contributed by atoms with Gasteiger partial charge in [0.2, 0.25) is 0 Å². The molecule has 2 heterocycles. The summed E-state index contributed by atoms with van der Waals surface area (Å²) in [5.74, 6) is 0. The van der Waals surface area contributed by atoms with E-state index in [0.29, 0.717) is 13.0 Å². The summed E-state index contributed by atoms with van der Waals surface area (Å²) in [6, 6.07) is 3.92. The summed E-state index contributed by atoms with van der Waals surface area (Å²) in [5, 5.41) is 14.5. The molecule has 2 aromatic heterocycles. The van der Waals surface area contributed by atoms with E-state index in [0.717, 1.165) is 13.3 Å². The van der Waals surface area contributed by atoms with Gasteiger partial charge in [-0.05, 0) is 40.1 Å². The number of hydrogen-bond donors (Lipinski definition) is 2. The first-order valence-electron chi connectivity index (χ1n) is 6.61. The zero-order valence-corrected chi connectivity index (χ0v) is 14.3. The maximum atomic E-state index is 12.8. The highest BCUT2D eigenvalue weighted by Crippen LogP contribution is 2.22. The van der Waals surface area contributed by atoms with Gasteiger partial charge in [0, 0.05) is 18.0 Å². The number of thiophene rings is 1. The van der Waals surface area contributed by atoms with Crippen molar-refractivity contribution >= 4 is 33.4 Å². The van der Waals surface area contributed by atoms with Crippen LogP contribution in [-0.2, 0) is 19.5 Å². The van der Waals surface area contributed by atoms with Crippen molar-refractivity contribution in [2.24, 2.45) is 0 Å². The molecule has 0 aliphatic heterocycles. The largest absolute Gasteiger partial charge is 0.465 e. The van der Waals surface area contributed by atoms with E-state index in [2.05, 4.69) is 21.0 Å². The first-order valence-corrected chi connectivity index (χ1v) is 8.22. The van der Waals surface area contributed by atoms with Gasteiger partial charge in [-0.25, -0.2) is 18.7 Å². The molecule has 124 valence electrons. The minimum Gasteiger partial charge on any atom is -0.465 e. The molecule has 1 amide bonds. The lowest BCUT2D eigenvalue weighted by Gasteiger charge is -2.05. The molecule has 2 N–H and O–H groups in total. The van der Waals surface area contributed by atoms with Crippen LogP contribution in [0.5, 0.6) is 0 Å². The van der Waals surface area contributed by atoms with Crippen LogP contribution in [-0.4, -0.2) is 32.1 Å². The van der Waals surface area contributed by atoms with Gasteiger partial charge in [0.25, 0.3) is 0 Å². The number of aryl methyl sites for hydroxylation is 2. The average molecular weight is 405 g/mol. The number of carboxylic acid groups (broad SMARTS) is 1. The van der Waals surface area contributed by atoms with Gasteiger partial charge in [0.15, 0.2) is 0 Å². The number of amides is 1. The summed E-state index contributed by atoms with van der Waals surface area (Å²) < 4.78 is 16.3. The molecule has 2 rings (SSSR count). The maximum absolute atomic E-state index is 12.8. The first kappa shape index (κ1) is 17.4. The summed E-state index contributed by atoms with van der Waals surface area (Å²) in [6.07, 6.45) is 1.11. The van der Waals surface area contributed by atoms with Gasteiger partial charge in [0.1, 0.15) is 6.33 Å². The SMILES string of the molecule is O=C(O)NCC(=CF)Cn1ncn(CCc2ccc(Br)s2)c1=O. The van der Waals surface area contributed by atoms with Crippen LogP contribution in [0.3, 0.4) is 0 Å². The van der Waals surface area contributed by atoms with Crippen LogP contribution in [0.4, 0.5) is 9.18 Å². The van der Waals surface area contributed by atoms with Crippen LogP contribution in [0, 0.1) is 0 Å². The third kappa shape index (κ3) is 5.03. The molecule has 0 fully saturated rings. The summed E-state index contributed by atoms with van der Waals surface area (Å²) >= 11 is 4.98. The second-order valence-electron chi connectivity index (χ2n) is 4.65. The van der Waals surface area contributed by atoms with E-state index in [-0.39, 0.29) is 30.7 Å². The normalized spacial score (nSPS) is 11.7. The van der Waals surface area contributed by atoms with E-state index in [1.807, 2.05) is 17.4 Å². The Bertz CT molecular complexity index is 767. The minimum absolute atomic E-state index is 0.104. The van der Waals surface area contributed by atoms with Crippen molar-refractivity contribution < 1.29 is 14.3 Å². The van der Waals surface area contributed by atoms with E-state index < -0.39 is 6.09 Å². The third-order valence-corrected chi connectivity index (χ3v) is 4.68. The highest BCUT2D eigenvalue weighted by molar-refractivity contribution is 9.11. The van der Waals surface area contributed by atoms with E-state index in [4.69, 9.17) is 5.11 Å². The van der Waals surface area contributed by atoms with Gasteiger partial charge in [-0.2, -0.15) is 5.10 Å². The van der Waals surface area contributed by atoms with Crippen LogP contribution < -0.4 is 11.0 Å². The Morgan fingerprint density at radius 1 is 1.52 bits per heavy atom. The van der Waals surface area contributed by atoms with E-state index in [1.165, 1.54) is 10.9 Å². The van der Waals surface area contributed by atoms with Crippen LogP contribution in [0.1, 0.15) is 4.88 Å². The molecule has 2 aromatic rings. The number of aromatic nitrogens is 3. The summed E-state index contributed by atoms with van der Waals surface area (Å²) in [5.41, 5.74) is -0.253. The number of nitrogens with one attached hydrogen (secondary N) is 1. The molecule has 0 unspecified atom stereocenters. The number of rotatable bonds is 7. The highest BCUT2D eigenvalue weighted by atomic mass is 79.9. The van der Waals surface area contributed by atoms with Crippen molar-refractivity contribution in [3.63, 3.8) is 0 Å². The molecule has 0 aliphatic carbocycles. The van der Waals surface area contributed by atoms with Crippen LogP contribution >= 0.6 is 27.3 Å². The Hall–Kier alpha value is -1.94. The monoisotopic (exact) mass is 404 g/mol. The minimum atomic E-state index is -1.26. The van der Waals surface area contributed by atoms with Crippen LogP contribution in [0.15, 0.2) is 38.9 Å². The van der Waals surface area contributed by atoms with Crippen molar-refractivity contribution in [2.75, 3.05) is 6.54 Å². The standard InChI is InChI=1S/C13H14BrFN4O3S/c14-11-2-1-10(23-11)3-4-18-8-17-19(13(18)22)7-9(5-15)6-16-12(20)21/h1-2,5,8,16H,3-4,6-7H2,(H,20,21). The highest BCUT2D eigenvalue weighted by Gasteiger charge is 2.09. The zero-order chi connectivity index (χ0) is 16.8. The van der Waals surface area contributed by atoms with Gasteiger partial charge >= 0.3 is 11.8 Å². The second-order valence-corrected chi connectivity index (χ2v) is 7.19. The molecule has 0 atom stereocenters. The maximum Gasteiger partial charge on any atom is 0.404 e. The number of carbonyl (C=O) groups is 1. The molecule has 10 heteroatoms. The van der Waals surface area contributed by atoms with Gasteiger partial charge in [-0.3, -0.25) is 4.57 Å². The smallest absolute Gasteiger partial charge is 0.404 e. The lowest BCUT2D eigenvalue weighted by molar-refractivity contribution is 0.195. The Labute approximate surface area is 143 Å². The quantitative estimate of drug-likeness (QED) is 0.740. The van der Waals surface area contributed by atoms with Gasteiger partial charge in [-0.15, -0.1) is 11.3 Å². The molecule has 0 aromatic carbocycles. The summed E-state index contributed by atoms with van der Waals surface area (Å²) in [6.45, 7) is 0.162. The fourth-order valence-electron chi connectivity index (χ4n) is 1.86. The molecule has 0 saturated heterocycles. The van der Waals surface area contributed by atoms with Crippen molar-refractivity contribution in [3.8, 4) is 0 Å². The number of nitrogens with zero attached hydrogens (tertiary/aromatic N) is 3. The zero-order valence-electron chi connectivity index (χ0n) is 11.9. The third-order valence-electron chi connectivity index (χ3n) is 3.00. The van der Waals surface area contributed by atoms with Crippen LogP contribution in [0.25, 0.3) is 0 Å².